The molecule has 0 bridgehead atoms. The van der Waals surface area contributed by atoms with Gasteiger partial charge in [0.05, 0.1) is 0 Å². The van der Waals surface area contributed by atoms with Gasteiger partial charge in [-0.15, -0.1) is 0 Å². The molecule has 0 aromatic heterocycles. The molecular weight excluding hydrogens is 166 g/mol. The molecule has 0 aliphatic carbocycles. The largest absolute Gasteiger partial charge is 0.260 e. The molecule has 0 aliphatic rings. The van der Waals surface area contributed by atoms with Crippen LogP contribution in [0.5, 0.6) is 0 Å². The van der Waals surface area contributed by atoms with E-state index in [1.54, 1.807) is 6.26 Å². The fourth-order valence-corrected chi connectivity index (χ4v) is 1.58. The zero-order chi connectivity index (χ0) is 7.82. The average Bonchev–Trinajstić information content (AvgIpc) is 1.87. The molecule has 1 atom stereocenters. The predicted octanol–water partition coefficient (Wildman–Crippen LogP) is 1.36. The van der Waals surface area contributed by atoms with Crippen molar-refractivity contribution >= 4 is 22.6 Å². The molecule has 0 fully saturated rings. The van der Waals surface area contributed by atoms with E-state index < -0.39 is 10.8 Å². The first-order valence-electron chi connectivity index (χ1n) is 3.08. The van der Waals surface area contributed by atoms with Crippen LogP contribution in [0, 0.1) is 10.7 Å². The lowest BCUT2D eigenvalue weighted by Gasteiger charge is -1.93. The van der Waals surface area contributed by atoms with E-state index >= 15 is 0 Å². The second kappa shape index (κ2) is 7.10. The maximum absolute atomic E-state index is 10.5. The van der Waals surface area contributed by atoms with Gasteiger partial charge in [-0.25, -0.2) is 0 Å². The molecule has 0 amide bonds. The number of nitrogens with zero attached hydrogens (tertiary/aromatic N) is 1. The first-order valence-corrected chi connectivity index (χ1v) is 5.79. The zero-order valence-electron chi connectivity index (χ0n) is 6.00. The van der Waals surface area contributed by atoms with Crippen molar-refractivity contribution in [1.29, 1.82) is 5.26 Å². The van der Waals surface area contributed by atoms with Crippen LogP contribution < -0.4 is 0 Å². The van der Waals surface area contributed by atoms with Crippen LogP contribution in [-0.4, -0.2) is 22.0 Å². The number of thioether (sulfide) groups is 1. The van der Waals surface area contributed by atoms with Crippen molar-refractivity contribution in [3.8, 4) is 5.40 Å². The predicted molar refractivity (Wildman–Crippen MR) is 46.2 cm³/mol. The lowest BCUT2D eigenvalue weighted by Crippen LogP contribution is -1.93. The second-order valence-electron chi connectivity index (χ2n) is 1.92. The Labute approximate surface area is 68.5 Å². The van der Waals surface area contributed by atoms with E-state index in [9.17, 15) is 4.21 Å². The molecule has 1 unspecified atom stereocenters. The first kappa shape index (κ1) is 9.99. The molecule has 0 saturated heterocycles. The van der Waals surface area contributed by atoms with Crippen LogP contribution >= 0.6 is 11.8 Å². The van der Waals surface area contributed by atoms with E-state index in [1.807, 2.05) is 5.40 Å². The molecule has 58 valence electrons. The Kier molecular flexibility index (Phi) is 7.09. The molecule has 0 saturated carbocycles. The lowest BCUT2D eigenvalue weighted by atomic mass is 10.4. The smallest absolute Gasteiger partial charge is 0.133 e. The third-order valence-electron chi connectivity index (χ3n) is 0.993. The Bertz CT molecular complexity index is 141. The molecule has 0 aromatic carbocycles. The highest BCUT2D eigenvalue weighted by Crippen LogP contribution is 2.01. The van der Waals surface area contributed by atoms with Gasteiger partial charge in [0.25, 0.3) is 0 Å². The summed E-state index contributed by atoms with van der Waals surface area (Å²) >= 11 is 1.27. The summed E-state index contributed by atoms with van der Waals surface area (Å²) in [6.07, 6.45) is 3.67. The highest BCUT2D eigenvalue weighted by molar-refractivity contribution is 8.03. The summed E-state index contributed by atoms with van der Waals surface area (Å²) in [4.78, 5) is 0. The molecule has 0 aromatic rings. The van der Waals surface area contributed by atoms with Gasteiger partial charge in [0.1, 0.15) is 5.40 Å². The van der Waals surface area contributed by atoms with Crippen LogP contribution in [0.2, 0.25) is 0 Å². The summed E-state index contributed by atoms with van der Waals surface area (Å²) in [5.41, 5.74) is 0. The minimum atomic E-state index is -0.663. The van der Waals surface area contributed by atoms with E-state index in [0.717, 1.165) is 24.3 Å². The van der Waals surface area contributed by atoms with Crippen LogP contribution in [0.3, 0.4) is 0 Å². The Balaban J connectivity index is 2.92. The van der Waals surface area contributed by atoms with Crippen LogP contribution in [0.1, 0.15) is 12.8 Å². The van der Waals surface area contributed by atoms with E-state index in [1.165, 1.54) is 11.8 Å². The highest BCUT2D eigenvalue weighted by Gasteiger charge is 1.91. The molecule has 2 nitrogen and oxygen atoms in total. The number of rotatable bonds is 5. The lowest BCUT2D eigenvalue weighted by molar-refractivity contribution is 0.683. The summed E-state index contributed by atoms with van der Waals surface area (Å²) in [7, 11) is -0.663. The van der Waals surface area contributed by atoms with Crippen LogP contribution in [0.25, 0.3) is 0 Å². The van der Waals surface area contributed by atoms with E-state index in [-0.39, 0.29) is 0 Å². The number of unbranched alkanes of at least 4 members (excludes halogenated alkanes) is 1. The molecule has 4 heteroatoms. The SMILES string of the molecule is CS(=O)CCCCSC#N. The molecule has 0 N–H and O–H groups in total. The maximum atomic E-state index is 10.5. The number of hydrogen-bond acceptors (Lipinski definition) is 3. The molecule has 10 heavy (non-hydrogen) atoms. The van der Waals surface area contributed by atoms with Gasteiger partial charge in [-0.1, -0.05) is 0 Å². The van der Waals surface area contributed by atoms with Gasteiger partial charge < -0.3 is 0 Å². The monoisotopic (exact) mass is 177 g/mol. The van der Waals surface area contributed by atoms with Gasteiger partial charge in [0.15, 0.2) is 0 Å². The van der Waals surface area contributed by atoms with Crippen LogP contribution in [-0.2, 0) is 10.8 Å². The summed E-state index contributed by atoms with van der Waals surface area (Å²) in [5, 5.41) is 10.1. The second-order valence-corrected chi connectivity index (χ2v) is 4.36. The Morgan fingerprint density at radius 3 is 2.80 bits per heavy atom. The average molecular weight is 177 g/mol. The zero-order valence-corrected chi connectivity index (χ0v) is 7.63. The van der Waals surface area contributed by atoms with E-state index in [2.05, 4.69) is 0 Å². The molecular formula is C6H11NOS2. The fourth-order valence-electron chi connectivity index (χ4n) is 0.525. The van der Waals surface area contributed by atoms with E-state index in [4.69, 9.17) is 5.26 Å². The first-order chi connectivity index (χ1) is 4.77. The molecule has 0 radical (unpaired) electrons. The maximum Gasteiger partial charge on any atom is 0.133 e. The topological polar surface area (TPSA) is 40.9 Å². The summed E-state index contributed by atoms with van der Waals surface area (Å²) in [6.45, 7) is 0. The van der Waals surface area contributed by atoms with Gasteiger partial charge >= 0.3 is 0 Å². The summed E-state index contributed by atoms with van der Waals surface area (Å²) < 4.78 is 10.5. The van der Waals surface area contributed by atoms with Crippen molar-refractivity contribution in [1.82, 2.24) is 0 Å². The van der Waals surface area contributed by atoms with Crippen molar-refractivity contribution in [3.05, 3.63) is 0 Å². The fraction of sp³-hybridized carbons (Fsp3) is 0.833. The Hall–Kier alpha value is -0.0100. The Morgan fingerprint density at radius 1 is 1.60 bits per heavy atom. The van der Waals surface area contributed by atoms with Gasteiger partial charge in [-0.3, -0.25) is 4.21 Å². The normalized spacial score (nSPS) is 12.4. The van der Waals surface area contributed by atoms with Crippen molar-refractivity contribution in [2.24, 2.45) is 0 Å². The molecule has 0 aliphatic heterocycles. The minimum absolute atomic E-state index is 0.663. The quantitative estimate of drug-likeness (QED) is 0.470. The molecule has 0 rings (SSSR count). The Morgan fingerprint density at radius 2 is 2.30 bits per heavy atom. The van der Waals surface area contributed by atoms with Gasteiger partial charge in [-0.2, -0.15) is 5.26 Å². The minimum Gasteiger partial charge on any atom is -0.260 e. The van der Waals surface area contributed by atoms with Crippen molar-refractivity contribution in [2.75, 3.05) is 17.8 Å². The van der Waals surface area contributed by atoms with Crippen LogP contribution in [0.4, 0.5) is 0 Å². The summed E-state index contributed by atoms with van der Waals surface area (Å²) in [5.74, 6) is 1.64. The molecule has 0 spiro atoms. The summed E-state index contributed by atoms with van der Waals surface area (Å²) in [6, 6.07) is 0. The number of hydrogen-bond donors (Lipinski definition) is 0. The van der Waals surface area contributed by atoms with Gasteiger partial charge in [-0.05, 0) is 24.6 Å². The van der Waals surface area contributed by atoms with Crippen molar-refractivity contribution in [3.63, 3.8) is 0 Å². The van der Waals surface area contributed by atoms with E-state index in [0.29, 0.717) is 0 Å². The molecule has 0 heterocycles. The van der Waals surface area contributed by atoms with Crippen LogP contribution in [0.15, 0.2) is 0 Å². The number of nitriles is 1. The van der Waals surface area contributed by atoms with Crippen molar-refractivity contribution < 1.29 is 4.21 Å². The third kappa shape index (κ3) is 7.99. The van der Waals surface area contributed by atoms with Gasteiger partial charge in [0, 0.05) is 28.6 Å². The standard InChI is InChI=1S/C6H11NOS2/c1-10(8)5-3-2-4-9-6-7/h2-5H2,1H3. The third-order valence-corrected chi connectivity index (χ3v) is 2.48. The number of thiocyanates is 1. The highest BCUT2D eigenvalue weighted by atomic mass is 32.2. The van der Waals surface area contributed by atoms with Crippen molar-refractivity contribution in [2.45, 2.75) is 12.8 Å². The van der Waals surface area contributed by atoms with Gasteiger partial charge in [0.2, 0.25) is 0 Å².